The number of hydrogen-bond acceptors (Lipinski definition) is 2. The van der Waals surface area contributed by atoms with Crippen LogP contribution >= 0.6 is 0 Å². The quantitative estimate of drug-likeness (QED) is 0.165. The lowest BCUT2D eigenvalue weighted by molar-refractivity contribution is 1.18. The van der Waals surface area contributed by atoms with Gasteiger partial charge in [-0.2, -0.15) is 0 Å². The summed E-state index contributed by atoms with van der Waals surface area (Å²) in [6.07, 6.45) is 0. The van der Waals surface area contributed by atoms with Gasteiger partial charge in [-0.3, -0.25) is 0 Å². The fraction of sp³-hybridized carbons (Fsp3) is 0.0417. The number of benzene rings is 7. The Morgan fingerprint density at radius 3 is 1.51 bits per heavy atom. The predicted molar refractivity (Wildman–Crippen MR) is 217 cm³/mol. The van der Waals surface area contributed by atoms with Gasteiger partial charge in [0.15, 0.2) is 5.82 Å². The summed E-state index contributed by atoms with van der Waals surface area (Å²) in [5.41, 5.74) is 15.0. The van der Waals surface area contributed by atoms with Gasteiger partial charge in [0.05, 0.1) is 11.4 Å². The molecule has 9 rings (SSSR count). The minimum Gasteiger partial charge on any atom is -0.228 e. The van der Waals surface area contributed by atoms with E-state index < -0.39 is 8.07 Å². The van der Waals surface area contributed by atoms with E-state index in [2.05, 4.69) is 171 Å². The van der Waals surface area contributed by atoms with Crippen molar-refractivity contribution in [2.75, 3.05) is 0 Å². The summed E-state index contributed by atoms with van der Waals surface area (Å²) in [4.78, 5) is 10.1. The lowest BCUT2D eigenvalue weighted by Crippen LogP contribution is -2.49. The molecule has 8 aromatic rings. The van der Waals surface area contributed by atoms with Crippen molar-refractivity contribution in [2.24, 2.45) is 0 Å². The van der Waals surface area contributed by atoms with Crippen LogP contribution in [0.1, 0.15) is 0 Å². The van der Waals surface area contributed by atoms with Crippen LogP contribution in [0.3, 0.4) is 0 Å². The van der Waals surface area contributed by atoms with E-state index in [-0.39, 0.29) is 0 Å². The summed E-state index contributed by atoms with van der Waals surface area (Å²) in [5.74, 6) is 0.717. The monoisotopic (exact) mass is 668 g/mol. The standard InChI is InChI=1S/C48H36N2Si/c1-51(2)45-21-10-9-19-42(45)47-41(20-12-22-46(47)51)36-27-23-34(24-28-36)35-25-29-37(30-26-35)43-32-44(50-48(49-43)38-15-7-4-8-16-38)40-18-11-17-39(31-40)33-13-5-3-6-14-33/h3-32H,1-2H3. The van der Waals surface area contributed by atoms with Crippen LogP contribution in [0.2, 0.25) is 13.1 Å². The first-order chi connectivity index (χ1) is 25.0. The molecule has 0 unspecified atom stereocenters. The van der Waals surface area contributed by atoms with Crippen molar-refractivity contribution in [3.05, 3.63) is 182 Å². The molecule has 3 heteroatoms. The summed E-state index contributed by atoms with van der Waals surface area (Å²) < 4.78 is 0. The van der Waals surface area contributed by atoms with Gasteiger partial charge in [-0.15, -0.1) is 0 Å². The Balaban J connectivity index is 1.05. The number of fused-ring (bicyclic) bond motifs is 3. The third-order valence-electron chi connectivity index (χ3n) is 10.3. The van der Waals surface area contributed by atoms with E-state index in [1.54, 1.807) is 0 Å². The van der Waals surface area contributed by atoms with Crippen molar-refractivity contribution in [3.63, 3.8) is 0 Å². The van der Waals surface area contributed by atoms with Crippen LogP contribution in [0, 0.1) is 0 Å². The van der Waals surface area contributed by atoms with E-state index in [9.17, 15) is 0 Å². The minimum atomic E-state index is -1.71. The summed E-state index contributed by atoms with van der Waals surface area (Å²) in [7, 11) is -1.71. The second-order valence-corrected chi connectivity index (χ2v) is 18.2. The highest BCUT2D eigenvalue weighted by Crippen LogP contribution is 2.37. The first kappa shape index (κ1) is 30.9. The van der Waals surface area contributed by atoms with Gasteiger partial charge in [0.25, 0.3) is 0 Å². The van der Waals surface area contributed by atoms with E-state index in [0.29, 0.717) is 5.82 Å². The normalized spacial score (nSPS) is 12.7. The summed E-state index contributed by atoms with van der Waals surface area (Å²) in [6.45, 7) is 4.95. The van der Waals surface area contributed by atoms with Gasteiger partial charge in [0.1, 0.15) is 8.07 Å². The molecule has 0 fully saturated rings. The molecular weight excluding hydrogens is 633 g/mol. The van der Waals surface area contributed by atoms with Gasteiger partial charge >= 0.3 is 0 Å². The molecule has 242 valence electrons. The van der Waals surface area contributed by atoms with E-state index >= 15 is 0 Å². The SMILES string of the molecule is C[Si]1(C)c2ccccc2-c2c(-c3ccc(-c4ccc(-c5cc(-c6cccc(-c7ccccc7)c6)nc(-c6ccccc6)n5)cc4)cc3)cccc21. The molecule has 0 N–H and O–H groups in total. The van der Waals surface area contributed by atoms with Crippen molar-refractivity contribution in [1.29, 1.82) is 0 Å². The summed E-state index contributed by atoms with van der Waals surface area (Å²) >= 11 is 0. The maximum absolute atomic E-state index is 5.07. The van der Waals surface area contributed by atoms with Crippen molar-refractivity contribution >= 4 is 18.4 Å². The smallest absolute Gasteiger partial charge is 0.160 e. The van der Waals surface area contributed by atoms with Crippen LogP contribution in [0.5, 0.6) is 0 Å². The second-order valence-electron chi connectivity index (χ2n) is 13.8. The zero-order chi connectivity index (χ0) is 34.4. The van der Waals surface area contributed by atoms with E-state index in [1.807, 2.05) is 24.3 Å². The largest absolute Gasteiger partial charge is 0.228 e. The molecule has 0 saturated carbocycles. The molecule has 51 heavy (non-hydrogen) atoms. The molecule has 0 saturated heterocycles. The first-order valence-electron chi connectivity index (χ1n) is 17.6. The zero-order valence-electron chi connectivity index (χ0n) is 28.7. The molecule has 1 aliphatic heterocycles. The first-order valence-corrected chi connectivity index (χ1v) is 20.6. The lowest BCUT2D eigenvalue weighted by Gasteiger charge is -2.19. The van der Waals surface area contributed by atoms with Crippen LogP contribution < -0.4 is 10.4 Å². The molecule has 0 radical (unpaired) electrons. The molecule has 1 aromatic heterocycles. The maximum Gasteiger partial charge on any atom is 0.160 e. The number of hydrogen-bond donors (Lipinski definition) is 0. The third kappa shape index (κ3) is 5.62. The van der Waals surface area contributed by atoms with Crippen LogP contribution in [-0.4, -0.2) is 18.0 Å². The summed E-state index contributed by atoms with van der Waals surface area (Å²) in [5, 5.41) is 3.07. The Morgan fingerprint density at radius 2 is 0.804 bits per heavy atom. The molecule has 7 aromatic carbocycles. The average molecular weight is 669 g/mol. The molecule has 0 bridgehead atoms. The molecule has 0 spiro atoms. The molecule has 2 nitrogen and oxygen atoms in total. The lowest BCUT2D eigenvalue weighted by atomic mass is 9.93. The van der Waals surface area contributed by atoms with Gasteiger partial charge in [-0.1, -0.05) is 183 Å². The van der Waals surface area contributed by atoms with Crippen molar-refractivity contribution < 1.29 is 0 Å². The molecular formula is C48H36N2Si. The van der Waals surface area contributed by atoms with Crippen LogP contribution in [0.15, 0.2) is 182 Å². The minimum absolute atomic E-state index is 0.717. The Kier molecular flexibility index (Phi) is 7.64. The third-order valence-corrected chi connectivity index (χ3v) is 13.9. The number of rotatable bonds is 6. The molecule has 0 atom stereocenters. The maximum atomic E-state index is 5.07. The van der Waals surface area contributed by atoms with E-state index in [1.165, 1.54) is 49.3 Å². The van der Waals surface area contributed by atoms with E-state index in [0.717, 1.165) is 33.6 Å². The van der Waals surface area contributed by atoms with Gasteiger partial charge < -0.3 is 0 Å². The highest BCUT2D eigenvalue weighted by molar-refractivity contribution is 7.04. The Morgan fingerprint density at radius 1 is 0.333 bits per heavy atom. The fourth-order valence-electron chi connectivity index (χ4n) is 7.62. The fourth-order valence-corrected chi connectivity index (χ4v) is 10.7. The Bertz CT molecular complexity index is 2520. The van der Waals surface area contributed by atoms with Crippen molar-refractivity contribution in [1.82, 2.24) is 9.97 Å². The van der Waals surface area contributed by atoms with Crippen LogP contribution in [0.4, 0.5) is 0 Å². The molecule has 2 heterocycles. The summed E-state index contributed by atoms with van der Waals surface area (Å²) in [6, 6.07) is 65.2. The van der Waals surface area contributed by atoms with Gasteiger partial charge in [0, 0.05) is 16.7 Å². The molecule has 1 aliphatic rings. The van der Waals surface area contributed by atoms with Crippen LogP contribution in [-0.2, 0) is 0 Å². The predicted octanol–water partition coefficient (Wildman–Crippen LogP) is 11.3. The van der Waals surface area contributed by atoms with Gasteiger partial charge in [-0.25, -0.2) is 9.97 Å². The molecule has 0 amide bonds. The van der Waals surface area contributed by atoms with Crippen molar-refractivity contribution in [2.45, 2.75) is 13.1 Å². The topological polar surface area (TPSA) is 25.8 Å². The van der Waals surface area contributed by atoms with E-state index in [4.69, 9.17) is 9.97 Å². The van der Waals surface area contributed by atoms with Crippen LogP contribution in [0.25, 0.3) is 78.4 Å². The van der Waals surface area contributed by atoms with Gasteiger partial charge in [-0.05, 0) is 67.0 Å². The zero-order valence-corrected chi connectivity index (χ0v) is 29.7. The van der Waals surface area contributed by atoms with Crippen molar-refractivity contribution in [3.8, 4) is 78.4 Å². The number of nitrogens with zero attached hydrogens (tertiary/aromatic N) is 2. The van der Waals surface area contributed by atoms with Gasteiger partial charge in [0.2, 0.25) is 0 Å². The average Bonchev–Trinajstić information content (AvgIpc) is 3.44. The Labute approximate surface area is 300 Å². The second kappa shape index (κ2) is 12.6. The highest BCUT2D eigenvalue weighted by Gasteiger charge is 2.38. The molecule has 0 aliphatic carbocycles. The number of aromatic nitrogens is 2. The Hall–Kier alpha value is -6.16. The highest BCUT2D eigenvalue weighted by atomic mass is 28.3.